The van der Waals surface area contributed by atoms with Gasteiger partial charge in [-0.15, -0.1) is 0 Å². The Bertz CT molecular complexity index is 358. The van der Waals surface area contributed by atoms with E-state index in [2.05, 4.69) is 0 Å². The number of hydrogen-bond donors (Lipinski definition) is 0. The topological polar surface area (TPSA) is 35.5 Å². The Morgan fingerprint density at radius 3 is 3.00 bits per heavy atom. The average Bonchev–Trinajstić information content (AvgIpc) is 2.57. The van der Waals surface area contributed by atoms with Gasteiger partial charge in [0.05, 0.1) is 0 Å². The molecule has 0 spiro atoms. The van der Waals surface area contributed by atoms with Crippen molar-refractivity contribution in [3.8, 4) is 5.75 Å². The first-order chi connectivity index (χ1) is 6.81. The Morgan fingerprint density at radius 1 is 1.36 bits per heavy atom. The molecule has 1 aromatic rings. The van der Waals surface area contributed by atoms with Crippen molar-refractivity contribution in [1.82, 2.24) is 0 Å². The fraction of sp³-hybridized carbons (Fsp3) is 0.364. The molecule has 2 rings (SSSR count). The highest BCUT2D eigenvalue weighted by Gasteiger charge is 2.19. The summed E-state index contributed by atoms with van der Waals surface area (Å²) >= 11 is 0. The molecule has 3 nitrogen and oxygen atoms in total. The molecule has 0 amide bonds. The summed E-state index contributed by atoms with van der Waals surface area (Å²) in [7, 11) is 1.58. The highest BCUT2D eigenvalue weighted by Crippen LogP contribution is 2.25. The second-order valence-electron chi connectivity index (χ2n) is 3.29. The molecule has 0 saturated carbocycles. The first kappa shape index (κ1) is 9.21. The number of benzene rings is 1. The van der Waals surface area contributed by atoms with Crippen molar-refractivity contribution in [2.75, 3.05) is 13.9 Å². The van der Waals surface area contributed by atoms with Crippen LogP contribution in [0.2, 0.25) is 0 Å². The van der Waals surface area contributed by atoms with Gasteiger partial charge < -0.3 is 9.47 Å². The molecule has 1 aromatic carbocycles. The van der Waals surface area contributed by atoms with Crippen LogP contribution in [0.15, 0.2) is 18.2 Å². The number of methoxy groups -OCH3 is 1. The molecule has 0 bridgehead atoms. The number of carbonyl (C=O) groups is 1. The van der Waals surface area contributed by atoms with Crippen LogP contribution in [0, 0.1) is 0 Å². The third-order valence-electron chi connectivity index (χ3n) is 2.34. The lowest BCUT2D eigenvalue weighted by Gasteiger charge is -2.05. The van der Waals surface area contributed by atoms with Crippen LogP contribution in [-0.2, 0) is 11.2 Å². The molecular weight excluding hydrogens is 180 g/mol. The first-order valence-electron chi connectivity index (χ1n) is 4.59. The van der Waals surface area contributed by atoms with Gasteiger partial charge in [-0.2, -0.15) is 0 Å². The minimum atomic E-state index is 0.235. The summed E-state index contributed by atoms with van der Waals surface area (Å²) < 4.78 is 10.1. The molecule has 74 valence electrons. The molecule has 0 heterocycles. The summed E-state index contributed by atoms with van der Waals surface area (Å²) in [5, 5.41) is 0. The van der Waals surface area contributed by atoms with Gasteiger partial charge in [0.1, 0.15) is 5.75 Å². The maximum Gasteiger partial charge on any atom is 0.188 e. The van der Waals surface area contributed by atoms with Gasteiger partial charge in [0.2, 0.25) is 0 Å². The molecule has 0 aliphatic heterocycles. The highest BCUT2D eigenvalue weighted by molar-refractivity contribution is 6.00. The standard InChI is InChI=1S/C11H12O3/c1-13-7-14-9-3-4-10-8(6-9)2-5-11(10)12/h3-4,6H,2,5,7H2,1H3. The molecule has 1 aliphatic rings. The van der Waals surface area contributed by atoms with Crippen molar-refractivity contribution >= 4 is 5.78 Å². The minimum Gasteiger partial charge on any atom is -0.468 e. The molecule has 0 N–H and O–H groups in total. The van der Waals surface area contributed by atoms with Crippen molar-refractivity contribution in [2.24, 2.45) is 0 Å². The normalized spacial score (nSPS) is 14.2. The summed E-state index contributed by atoms with van der Waals surface area (Å²) in [5.74, 6) is 0.999. The van der Waals surface area contributed by atoms with E-state index in [9.17, 15) is 4.79 Å². The van der Waals surface area contributed by atoms with E-state index in [4.69, 9.17) is 9.47 Å². The van der Waals surface area contributed by atoms with Crippen molar-refractivity contribution in [3.63, 3.8) is 0 Å². The first-order valence-corrected chi connectivity index (χ1v) is 4.59. The van der Waals surface area contributed by atoms with Crippen LogP contribution >= 0.6 is 0 Å². The number of Topliss-reactive ketones (excluding diaryl/α,β-unsaturated/α-hetero) is 1. The number of rotatable bonds is 3. The van der Waals surface area contributed by atoms with Crippen molar-refractivity contribution in [1.29, 1.82) is 0 Å². The zero-order valence-corrected chi connectivity index (χ0v) is 8.08. The Morgan fingerprint density at radius 2 is 2.21 bits per heavy atom. The van der Waals surface area contributed by atoms with E-state index in [0.717, 1.165) is 23.3 Å². The lowest BCUT2D eigenvalue weighted by molar-refractivity contribution is 0.0511. The van der Waals surface area contributed by atoms with Crippen LogP contribution in [0.25, 0.3) is 0 Å². The van der Waals surface area contributed by atoms with Crippen LogP contribution in [0.3, 0.4) is 0 Å². The third-order valence-corrected chi connectivity index (χ3v) is 2.34. The van der Waals surface area contributed by atoms with E-state index in [1.165, 1.54) is 0 Å². The highest BCUT2D eigenvalue weighted by atomic mass is 16.7. The summed E-state index contributed by atoms with van der Waals surface area (Å²) in [6.45, 7) is 0.243. The number of aryl methyl sites for hydroxylation is 1. The van der Waals surface area contributed by atoms with E-state index in [0.29, 0.717) is 6.42 Å². The van der Waals surface area contributed by atoms with Gasteiger partial charge in [-0.25, -0.2) is 0 Å². The molecule has 1 aliphatic carbocycles. The summed E-state index contributed by atoms with van der Waals surface area (Å²) in [6.07, 6.45) is 1.46. The number of ether oxygens (including phenoxy) is 2. The Kier molecular flexibility index (Phi) is 2.50. The molecule has 0 fully saturated rings. The SMILES string of the molecule is COCOc1ccc2c(c1)CCC2=O. The molecule has 3 heteroatoms. The maximum absolute atomic E-state index is 11.3. The van der Waals surface area contributed by atoms with Gasteiger partial charge in [0, 0.05) is 19.1 Å². The zero-order chi connectivity index (χ0) is 9.97. The molecule has 0 atom stereocenters. The number of ketones is 1. The largest absolute Gasteiger partial charge is 0.468 e. The third kappa shape index (κ3) is 1.63. The van der Waals surface area contributed by atoms with Gasteiger partial charge in [0.15, 0.2) is 12.6 Å². The van der Waals surface area contributed by atoms with E-state index in [1.54, 1.807) is 13.2 Å². The summed E-state index contributed by atoms with van der Waals surface area (Å²) in [5.41, 5.74) is 1.93. The molecule has 0 radical (unpaired) electrons. The van der Waals surface area contributed by atoms with E-state index in [-0.39, 0.29) is 12.6 Å². The zero-order valence-electron chi connectivity index (χ0n) is 8.08. The monoisotopic (exact) mass is 192 g/mol. The van der Waals surface area contributed by atoms with Crippen molar-refractivity contribution < 1.29 is 14.3 Å². The smallest absolute Gasteiger partial charge is 0.188 e. The van der Waals surface area contributed by atoms with Gasteiger partial charge in [0.25, 0.3) is 0 Å². The summed E-state index contributed by atoms with van der Waals surface area (Å²) in [4.78, 5) is 11.3. The van der Waals surface area contributed by atoms with Gasteiger partial charge in [-0.1, -0.05) is 0 Å². The second-order valence-corrected chi connectivity index (χ2v) is 3.29. The average molecular weight is 192 g/mol. The fourth-order valence-electron chi connectivity index (χ4n) is 1.65. The van der Waals surface area contributed by atoms with Crippen LogP contribution in [0.1, 0.15) is 22.3 Å². The van der Waals surface area contributed by atoms with Gasteiger partial charge >= 0.3 is 0 Å². The second kappa shape index (κ2) is 3.80. The molecule has 14 heavy (non-hydrogen) atoms. The number of hydrogen-bond acceptors (Lipinski definition) is 3. The Hall–Kier alpha value is -1.35. The molecule has 0 saturated heterocycles. The number of fused-ring (bicyclic) bond motifs is 1. The molecule has 0 unspecified atom stereocenters. The van der Waals surface area contributed by atoms with Crippen LogP contribution in [-0.4, -0.2) is 19.7 Å². The van der Waals surface area contributed by atoms with Crippen molar-refractivity contribution in [3.05, 3.63) is 29.3 Å². The number of carbonyl (C=O) groups excluding carboxylic acids is 1. The van der Waals surface area contributed by atoms with Gasteiger partial charge in [-0.3, -0.25) is 4.79 Å². The Labute approximate surface area is 82.6 Å². The predicted octanol–water partition coefficient (Wildman–Crippen LogP) is 1.80. The Balaban J connectivity index is 2.19. The quantitative estimate of drug-likeness (QED) is 0.685. The van der Waals surface area contributed by atoms with E-state index >= 15 is 0 Å². The van der Waals surface area contributed by atoms with Crippen LogP contribution < -0.4 is 4.74 Å². The molecular formula is C11H12O3. The minimum absolute atomic E-state index is 0.235. The summed E-state index contributed by atoms with van der Waals surface area (Å²) in [6, 6.07) is 5.55. The predicted molar refractivity (Wildman–Crippen MR) is 51.6 cm³/mol. The van der Waals surface area contributed by atoms with Crippen LogP contribution in [0.4, 0.5) is 0 Å². The lowest BCUT2D eigenvalue weighted by atomic mass is 10.1. The van der Waals surface area contributed by atoms with Crippen LogP contribution in [0.5, 0.6) is 5.75 Å². The molecule has 0 aromatic heterocycles. The fourth-order valence-corrected chi connectivity index (χ4v) is 1.65. The van der Waals surface area contributed by atoms with E-state index < -0.39 is 0 Å². The van der Waals surface area contributed by atoms with Gasteiger partial charge in [-0.05, 0) is 30.2 Å². The maximum atomic E-state index is 11.3. The van der Waals surface area contributed by atoms with E-state index in [1.807, 2.05) is 12.1 Å². The lowest BCUT2D eigenvalue weighted by Crippen LogP contribution is -1.99. The van der Waals surface area contributed by atoms with Crippen molar-refractivity contribution in [2.45, 2.75) is 12.8 Å².